The second-order valence-corrected chi connectivity index (χ2v) is 5.81. The molecule has 0 spiro atoms. The van der Waals surface area contributed by atoms with E-state index in [1.165, 1.54) is 18.2 Å². The van der Waals surface area contributed by atoms with E-state index in [-0.39, 0.29) is 24.8 Å². The molecule has 1 aliphatic rings. The lowest BCUT2D eigenvalue weighted by molar-refractivity contribution is -0.274. The maximum Gasteiger partial charge on any atom is 0.573 e. The molecule has 1 aromatic heterocycles. The van der Waals surface area contributed by atoms with Crippen LogP contribution in [0.3, 0.4) is 0 Å². The van der Waals surface area contributed by atoms with E-state index in [1.54, 1.807) is 30.2 Å². The molecule has 0 fully saturated rings. The van der Waals surface area contributed by atoms with E-state index in [0.717, 1.165) is 0 Å². The highest BCUT2D eigenvalue weighted by molar-refractivity contribution is 5.78. The van der Waals surface area contributed by atoms with Crippen molar-refractivity contribution in [1.82, 2.24) is 9.88 Å². The van der Waals surface area contributed by atoms with Crippen molar-refractivity contribution in [1.29, 1.82) is 0 Å². The Balaban J connectivity index is 1.87. The second-order valence-electron chi connectivity index (χ2n) is 5.81. The SMILES string of the molecule is COCCN1Cc2nc(-c3cccc(OC(F)(F)F)c3)ccc2OCC1=O. The predicted molar refractivity (Wildman–Crippen MR) is 89.1 cm³/mol. The topological polar surface area (TPSA) is 60.9 Å². The molecule has 0 atom stereocenters. The third-order valence-corrected chi connectivity index (χ3v) is 3.91. The van der Waals surface area contributed by atoms with Gasteiger partial charge in [-0.05, 0) is 24.3 Å². The van der Waals surface area contributed by atoms with E-state index < -0.39 is 6.36 Å². The van der Waals surface area contributed by atoms with Gasteiger partial charge in [0.2, 0.25) is 0 Å². The number of halogens is 3. The molecule has 0 radical (unpaired) electrons. The van der Waals surface area contributed by atoms with Gasteiger partial charge in [0, 0.05) is 19.2 Å². The van der Waals surface area contributed by atoms with Crippen LogP contribution in [0.25, 0.3) is 11.3 Å². The maximum absolute atomic E-state index is 12.4. The van der Waals surface area contributed by atoms with Gasteiger partial charge in [-0.2, -0.15) is 0 Å². The molecule has 9 heteroatoms. The summed E-state index contributed by atoms with van der Waals surface area (Å²) in [5.74, 6) is -0.0493. The first kappa shape index (κ1) is 19.0. The first-order valence-corrected chi connectivity index (χ1v) is 8.11. The van der Waals surface area contributed by atoms with Crippen LogP contribution in [0, 0.1) is 0 Å². The number of benzene rings is 1. The van der Waals surface area contributed by atoms with Crippen molar-refractivity contribution in [2.75, 3.05) is 26.9 Å². The Morgan fingerprint density at radius 3 is 2.81 bits per heavy atom. The van der Waals surface area contributed by atoms with Gasteiger partial charge in [-0.15, -0.1) is 13.2 Å². The number of nitrogens with zero attached hydrogens (tertiary/aromatic N) is 2. The molecular formula is C18H17F3N2O4. The highest BCUT2D eigenvalue weighted by Gasteiger charge is 2.31. The lowest BCUT2D eigenvalue weighted by Gasteiger charge is -2.19. The molecule has 2 heterocycles. The summed E-state index contributed by atoms with van der Waals surface area (Å²) in [6, 6.07) is 8.84. The van der Waals surface area contributed by atoms with Gasteiger partial charge in [0.05, 0.1) is 18.8 Å². The Morgan fingerprint density at radius 2 is 2.07 bits per heavy atom. The van der Waals surface area contributed by atoms with Crippen LogP contribution in [0.4, 0.5) is 13.2 Å². The number of hydrogen-bond donors (Lipinski definition) is 0. The third kappa shape index (κ3) is 4.88. The van der Waals surface area contributed by atoms with E-state index in [9.17, 15) is 18.0 Å². The fourth-order valence-electron chi connectivity index (χ4n) is 2.65. The van der Waals surface area contributed by atoms with Gasteiger partial charge >= 0.3 is 6.36 Å². The summed E-state index contributed by atoms with van der Waals surface area (Å²) < 4.78 is 51.7. The van der Waals surface area contributed by atoms with Crippen molar-refractivity contribution < 1.29 is 32.2 Å². The Bertz CT molecular complexity index is 826. The van der Waals surface area contributed by atoms with E-state index in [1.807, 2.05) is 0 Å². The van der Waals surface area contributed by atoms with Crippen molar-refractivity contribution in [2.45, 2.75) is 12.9 Å². The zero-order chi connectivity index (χ0) is 19.4. The number of pyridine rings is 1. The summed E-state index contributed by atoms with van der Waals surface area (Å²) in [5.41, 5.74) is 1.43. The molecule has 3 rings (SSSR count). The van der Waals surface area contributed by atoms with Crippen LogP contribution < -0.4 is 9.47 Å². The highest BCUT2D eigenvalue weighted by atomic mass is 19.4. The quantitative estimate of drug-likeness (QED) is 0.796. The molecule has 1 aromatic carbocycles. The average Bonchev–Trinajstić information content (AvgIpc) is 2.77. The van der Waals surface area contributed by atoms with Crippen LogP contribution in [0.15, 0.2) is 36.4 Å². The average molecular weight is 382 g/mol. The van der Waals surface area contributed by atoms with Gasteiger partial charge in [0.15, 0.2) is 6.61 Å². The summed E-state index contributed by atoms with van der Waals surface area (Å²) in [4.78, 5) is 18.2. The lowest BCUT2D eigenvalue weighted by atomic mass is 10.1. The number of rotatable bonds is 5. The van der Waals surface area contributed by atoms with E-state index in [0.29, 0.717) is 35.9 Å². The number of aromatic nitrogens is 1. The van der Waals surface area contributed by atoms with Crippen LogP contribution in [-0.4, -0.2) is 49.0 Å². The molecule has 0 saturated carbocycles. The van der Waals surface area contributed by atoms with Gasteiger partial charge in [-0.1, -0.05) is 12.1 Å². The minimum atomic E-state index is -4.77. The Labute approximate surface area is 153 Å². The number of fused-ring (bicyclic) bond motifs is 1. The predicted octanol–water partition coefficient (Wildman–Crippen LogP) is 3.01. The number of methoxy groups -OCH3 is 1. The molecule has 144 valence electrons. The van der Waals surface area contributed by atoms with Crippen LogP contribution in [0.2, 0.25) is 0 Å². The monoisotopic (exact) mass is 382 g/mol. The lowest BCUT2D eigenvalue weighted by Crippen LogP contribution is -2.35. The molecule has 0 aliphatic carbocycles. The van der Waals surface area contributed by atoms with Gasteiger partial charge < -0.3 is 19.1 Å². The molecule has 1 aliphatic heterocycles. The zero-order valence-corrected chi connectivity index (χ0v) is 14.5. The van der Waals surface area contributed by atoms with E-state index in [2.05, 4.69) is 9.72 Å². The van der Waals surface area contributed by atoms with Crippen LogP contribution in [0.1, 0.15) is 5.69 Å². The van der Waals surface area contributed by atoms with Gasteiger partial charge in [-0.3, -0.25) is 4.79 Å². The summed E-state index contributed by atoms with van der Waals surface area (Å²) in [6.07, 6.45) is -4.77. The van der Waals surface area contributed by atoms with Crippen molar-refractivity contribution in [3.8, 4) is 22.8 Å². The standard InChI is InChI=1S/C18H17F3N2O4/c1-25-8-7-23-10-15-16(26-11-17(23)24)6-5-14(22-15)12-3-2-4-13(9-12)27-18(19,20)21/h2-6,9H,7-8,10-11H2,1H3. The Kier molecular flexibility index (Phi) is 5.50. The second kappa shape index (κ2) is 7.83. The fourth-order valence-corrected chi connectivity index (χ4v) is 2.65. The van der Waals surface area contributed by atoms with Crippen LogP contribution in [-0.2, 0) is 16.1 Å². The number of alkyl halides is 3. The molecule has 1 amide bonds. The number of ether oxygens (including phenoxy) is 3. The van der Waals surface area contributed by atoms with Gasteiger partial charge in [0.1, 0.15) is 17.2 Å². The first-order valence-electron chi connectivity index (χ1n) is 8.11. The molecule has 0 saturated heterocycles. The number of hydrogen-bond acceptors (Lipinski definition) is 5. The molecule has 0 N–H and O–H groups in total. The summed E-state index contributed by atoms with van der Waals surface area (Å²) in [5, 5.41) is 0. The van der Waals surface area contributed by atoms with Crippen molar-refractivity contribution in [3.05, 3.63) is 42.1 Å². The molecule has 2 aromatic rings. The smallest absolute Gasteiger partial charge is 0.482 e. The molecular weight excluding hydrogens is 365 g/mol. The first-order chi connectivity index (χ1) is 12.9. The number of carbonyl (C=O) groups is 1. The zero-order valence-electron chi connectivity index (χ0n) is 14.5. The van der Waals surface area contributed by atoms with Crippen LogP contribution >= 0.6 is 0 Å². The molecule has 27 heavy (non-hydrogen) atoms. The van der Waals surface area contributed by atoms with Gasteiger partial charge in [0.25, 0.3) is 5.91 Å². The summed E-state index contributed by atoms with van der Waals surface area (Å²) in [7, 11) is 1.54. The normalized spacial score (nSPS) is 14.4. The summed E-state index contributed by atoms with van der Waals surface area (Å²) in [6.45, 7) is 0.882. The Hall–Kier alpha value is -2.81. The highest BCUT2D eigenvalue weighted by Crippen LogP contribution is 2.30. The number of amides is 1. The van der Waals surface area contributed by atoms with Gasteiger partial charge in [-0.25, -0.2) is 4.98 Å². The number of carbonyl (C=O) groups excluding carboxylic acids is 1. The maximum atomic E-state index is 12.4. The molecule has 0 bridgehead atoms. The van der Waals surface area contributed by atoms with Crippen molar-refractivity contribution in [3.63, 3.8) is 0 Å². The van der Waals surface area contributed by atoms with Crippen molar-refractivity contribution in [2.24, 2.45) is 0 Å². The third-order valence-electron chi connectivity index (χ3n) is 3.91. The van der Waals surface area contributed by atoms with E-state index >= 15 is 0 Å². The summed E-state index contributed by atoms with van der Waals surface area (Å²) >= 11 is 0. The minimum Gasteiger partial charge on any atom is -0.482 e. The minimum absolute atomic E-state index is 0.105. The molecule has 6 nitrogen and oxygen atoms in total. The van der Waals surface area contributed by atoms with Crippen LogP contribution in [0.5, 0.6) is 11.5 Å². The van der Waals surface area contributed by atoms with Crippen molar-refractivity contribution >= 4 is 5.91 Å². The fraction of sp³-hybridized carbons (Fsp3) is 0.333. The van der Waals surface area contributed by atoms with E-state index in [4.69, 9.17) is 9.47 Å². The molecule has 0 unspecified atom stereocenters. The largest absolute Gasteiger partial charge is 0.573 e. The Morgan fingerprint density at radius 1 is 1.26 bits per heavy atom.